The van der Waals surface area contributed by atoms with Gasteiger partial charge in [0.25, 0.3) is 0 Å². The highest BCUT2D eigenvalue weighted by atomic mass is 16.5. The summed E-state index contributed by atoms with van der Waals surface area (Å²) in [5, 5.41) is 10.2. The van der Waals surface area contributed by atoms with E-state index in [4.69, 9.17) is 19.2 Å². The molecule has 8 heteroatoms. The van der Waals surface area contributed by atoms with Crippen LogP contribution in [0, 0.1) is 5.41 Å². The van der Waals surface area contributed by atoms with Crippen molar-refractivity contribution in [2.24, 2.45) is 5.41 Å². The van der Waals surface area contributed by atoms with Crippen LogP contribution in [0.15, 0.2) is 54.7 Å². The van der Waals surface area contributed by atoms with Crippen LogP contribution in [0.5, 0.6) is 17.2 Å². The van der Waals surface area contributed by atoms with E-state index in [9.17, 15) is 9.90 Å². The number of ether oxygens (including phenoxy) is 3. The topological polar surface area (TPSA) is 107 Å². The van der Waals surface area contributed by atoms with Crippen LogP contribution in [0.4, 0.5) is 0 Å². The second kappa shape index (κ2) is 9.43. The number of carboxylic acids is 1. The summed E-state index contributed by atoms with van der Waals surface area (Å²) >= 11 is 0. The van der Waals surface area contributed by atoms with E-state index in [1.54, 1.807) is 34.3 Å². The fourth-order valence-electron chi connectivity index (χ4n) is 3.49. The Bertz CT molecular complexity index is 1330. The van der Waals surface area contributed by atoms with Gasteiger partial charge in [0.1, 0.15) is 5.75 Å². The molecular formula is C26H27N3O5. The van der Waals surface area contributed by atoms with Crippen molar-refractivity contribution in [1.82, 2.24) is 15.0 Å². The Balaban J connectivity index is 1.56. The van der Waals surface area contributed by atoms with Crippen LogP contribution in [0.3, 0.4) is 0 Å². The third-order valence-electron chi connectivity index (χ3n) is 5.74. The lowest BCUT2D eigenvalue weighted by molar-refractivity contribution is -0.147. The van der Waals surface area contributed by atoms with Gasteiger partial charge in [0, 0.05) is 28.7 Å². The summed E-state index contributed by atoms with van der Waals surface area (Å²) in [7, 11) is 3.20. The molecule has 0 saturated carbocycles. The monoisotopic (exact) mass is 461 g/mol. The van der Waals surface area contributed by atoms with E-state index in [1.165, 1.54) is 0 Å². The zero-order valence-corrected chi connectivity index (χ0v) is 19.6. The first-order valence-electron chi connectivity index (χ1n) is 10.9. The molecule has 0 aliphatic carbocycles. The molecule has 2 aromatic carbocycles. The summed E-state index contributed by atoms with van der Waals surface area (Å²) in [6, 6.07) is 15.2. The maximum Gasteiger partial charge on any atom is 0.309 e. The van der Waals surface area contributed by atoms with Crippen LogP contribution >= 0.6 is 0 Å². The first-order chi connectivity index (χ1) is 16.3. The standard InChI is InChI=1S/C26H27N3O5/c1-26(2,25(30)31)10-12-34-18-7-5-16-13-21(28-20(16)15-18)24-27-11-9-19(29-24)17-6-8-22(32-3)23(14-17)33-4/h5-9,11,13-15,28H,10,12H2,1-4H3,(H,30,31). The lowest BCUT2D eigenvalue weighted by Gasteiger charge is -2.18. The zero-order valence-electron chi connectivity index (χ0n) is 19.6. The van der Waals surface area contributed by atoms with Crippen molar-refractivity contribution in [3.63, 3.8) is 0 Å². The highest BCUT2D eigenvalue weighted by Crippen LogP contribution is 2.32. The lowest BCUT2D eigenvalue weighted by atomic mass is 9.90. The number of carbonyl (C=O) groups is 1. The number of aromatic amines is 1. The van der Waals surface area contributed by atoms with Gasteiger partial charge in [-0.15, -0.1) is 0 Å². The van der Waals surface area contributed by atoms with Gasteiger partial charge < -0.3 is 24.3 Å². The van der Waals surface area contributed by atoms with Gasteiger partial charge in [-0.25, -0.2) is 9.97 Å². The van der Waals surface area contributed by atoms with Crippen molar-refractivity contribution >= 4 is 16.9 Å². The molecule has 8 nitrogen and oxygen atoms in total. The van der Waals surface area contributed by atoms with E-state index >= 15 is 0 Å². The fraction of sp³-hybridized carbons (Fsp3) is 0.269. The number of methoxy groups -OCH3 is 2. The van der Waals surface area contributed by atoms with Gasteiger partial charge >= 0.3 is 5.97 Å². The van der Waals surface area contributed by atoms with Crippen LogP contribution in [0.2, 0.25) is 0 Å². The molecule has 2 N–H and O–H groups in total. The zero-order chi connectivity index (χ0) is 24.3. The maximum absolute atomic E-state index is 11.3. The highest BCUT2D eigenvalue weighted by Gasteiger charge is 2.26. The molecule has 2 aromatic heterocycles. The van der Waals surface area contributed by atoms with Gasteiger partial charge in [-0.05, 0) is 62.7 Å². The Morgan fingerprint density at radius 3 is 2.56 bits per heavy atom. The second-order valence-corrected chi connectivity index (χ2v) is 8.55. The molecule has 0 aliphatic heterocycles. The maximum atomic E-state index is 11.3. The van der Waals surface area contributed by atoms with Crippen LogP contribution < -0.4 is 14.2 Å². The molecule has 0 radical (unpaired) electrons. The Morgan fingerprint density at radius 2 is 1.82 bits per heavy atom. The van der Waals surface area contributed by atoms with Gasteiger partial charge in [0.05, 0.1) is 37.6 Å². The van der Waals surface area contributed by atoms with Crippen LogP contribution in [-0.2, 0) is 4.79 Å². The van der Waals surface area contributed by atoms with E-state index in [0.717, 1.165) is 27.9 Å². The van der Waals surface area contributed by atoms with Crippen molar-refractivity contribution in [3.05, 3.63) is 54.7 Å². The fourth-order valence-corrected chi connectivity index (χ4v) is 3.49. The summed E-state index contributed by atoms with van der Waals surface area (Å²) in [5.74, 6) is 1.68. The van der Waals surface area contributed by atoms with Gasteiger partial charge in [-0.1, -0.05) is 0 Å². The molecule has 0 amide bonds. The predicted molar refractivity (Wildman–Crippen MR) is 129 cm³/mol. The van der Waals surface area contributed by atoms with E-state index in [2.05, 4.69) is 9.97 Å². The Kier molecular flexibility index (Phi) is 6.40. The molecule has 0 spiro atoms. The number of aromatic nitrogens is 3. The smallest absolute Gasteiger partial charge is 0.309 e. The molecule has 2 heterocycles. The van der Waals surface area contributed by atoms with Gasteiger partial charge in [0.15, 0.2) is 17.3 Å². The third kappa shape index (κ3) is 4.80. The number of nitrogens with one attached hydrogen (secondary N) is 1. The molecule has 0 saturated heterocycles. The summed E-state index contributed by atoms with van der Waals surface area (Å²) in [6.45, 7) is 3.69. The molecule has 0 fully saturated rings. The molecule has 176 valence electrons. The van der Waals surface area contributed by atoms with Gasteiger partial charge in [-0.2, -0.15) is 0 Å². The van der Waals surface area contributed by atoms with E-state index in [0.29, 0.717) is 36.1 Å². The van der Waals surface area contributed by atoms with Crippen LogP contribution in [0.1, 0.15) is 20.3 Å². The molecule has 34 heavy (non-hydrogen) atoms. The molecule has 4 aromatic rings. The quantitative estimate of drug-likeness (QED) is 0.353. The van der Waals surface area contributed by atoms with E-state index < -0.39 is 11.4 Å². The summed E-state index contributed by atoms with van der Waals surface area (Å²) < 4.78 is 16.5. The highest BCUT2D eigenvalue weighted by molar-refractivity contribution is 5.86. The predicted octanol–water partition coefficient (Wildman–Crippen LogP) is 5.19. The molecule has 0 aliphatic rings. The van der Waals surface area contributed by atoms with Crippen LogP contribution in [-0.4, -0.2) is 46.9 Å². The SMILES string of the molecule is COc1ccc(-c2ccnc(-c3cc4ccc(OCCC(C)(C)C(=O)O)cc4[nH]3)n2)cc1OC. The molecular weight excluding hydrogens is 434 g/mol. The Morgan fingerprint density at radius 1 is 1.03 bits per heavy atom. The lowest BCUT2D eigenvalue weighted by Crippen LogP contribution is -2.25. The molecule has 4 rings (SSSR count). The van der Waals surface area contributed by atoms with E-state index in [1.807, 2.05) is 48.5 Å². The largest absolute Gasteiger partial charge is 0.493 e. The van der Waals surface area contributed by atoms with Crippen molar-refractivity contribution in [2.75, 3.05) is 20.8 Å². The number of nitrogens with zero attached hydrogens (tertiary/aromatic N) is 2. The van der Waals surface area contributed by atoms with Gasteiger partial charge in [-0.3, -0.25) is 4.79 Å². The minimum absolute atomic E-state index is 0.314. The van der Waals surface area contributed by atoms with Crippen molar-refractivity contribution < 1.29 is 24.1 Å². The Hall–Kier alpha value is -4.07. The minimum Gasteiger partial charge on any atom is -0.493 e. The van der Waals surface area contributed by atoms with Crippen LogP contribution in [0.25, 0.3) is 33.7 Å². The molecule has 0 atom stereocenters. The normalized spacial score (nSPS) is 11.4. The average Bonchev–Trinajstić information content (AvgIpc) is 3.27. The number of aliphatic carboxylic acids is 1. The first kappa shape index (κ1) is 23.1. The van der Waals surface area contributed by atoms with Crippen molar-refractivity contribution in [3.8, 4) is 40.0 Å². The number of hydrogen-bond donors (Lipinski definition) is 2. The van der Waals surface area contributed by atoms with Crippen molar-refractivity contribution in [1.29, 1.82) is 0 Å². The summed E-state index contributed by atoms with van der Waals surface area (Å²) in [4.78, 5) is 23.8. The van der Waals surface area contributed by atoms with E-state index in [-0.39, 0.29) is 0 Å². The average molecular weight is 462 g/mol. The third-order valence-corrected chi connectivity index (χ3v) is 5.74. The van der Waals surface area contributed by atoms with Crippen molar-refractivity contribution in [2.45, 2.75) is 20.3 Å². The Labute approximate surface area is 197 Å². The number of fused-ring (bicyclic) bond motifs is 1. The first-order valence-corrected chi connectivity index (χ1v) is 10.9. The van der Waals surface area contributed by atoms with Gasteiger partial charge in [0.2, 0.25) is 0 Å². The molecule has 0 unspecified atom stereocenters. The molecule has 0 bridgehead atoms. The summed E-state index contributed by atoms with van der Waals surface area (Å²) in [6.07, 6.45) is 2.13. The number of benzene rings is 2. The number of hydrogen-bond acceptors (Lipinski definition) is 6. The number of carboxylic acid groups (broad SMARTS) is 1. The summed E-state index contributed by atoms with van der Waals surface area (Å²) in [5.41, 5.74) is 2.47. The number of H-pyrrole nitrogens is 1. The number of rotatable bonds is 9. The minimum atomic E-state index is -0.837. The second-order valence-electron chi connectivity index (χ2n) is 8.55.